The summed E-state index contributed by atoms with van der Waals surface area (Å²) in [7, 11) is 0. The first-order valence-electron chi connectivity index (χ1n) is 7.32. The quantitative estimate of drug-likeness (QED) is 0.468. The summed E-state index contributed by atoms with van der Waals surface area (Å²) >= 11 is 0. The average Bonchev–Trinajstić information content (AvgIpc) is 2.78. The molecule has 10 heteroatoms. The van der Waals surface area contributed by atoms with Gasteiger partial charge in [-0.05, 0) is 6.42 Å². The second kappa shape index (κ2) is 6.96. The SMILES string of the molecule is CCCC(=O)OC[C@H]1O[C@@](C#N)(c2c[nH]c(=O)nc2N)[C@@H](O)[C@@H]1O. The molecule has 1 aliphatic heterocycles. The molecule has 2 heterocycles. The lowest BCUT2D eigenvalue weighted by Gasteiger charge is -2.25. The number of carbonyl (C=O) groups is 1. The third-order valence-electron chi connectivity index (χ3n) is 3.73. The summed E-state index contributed by atoms with van der Waals surface area (Å²) < 4.78 is 10.4. The van der Waals surface area contributed by atoms with E-state index in [1.165, 1.54) is 0 Å². The Morgan fingerprint density at radius 3 is 2.92 bits per heavy atom. The van der Waals surface area contributed by atoms with Crippen LogP contribution in [0.3, 0.4) is 0 Å². The summed E-state index contributed by atoms with van der Waals surface area (Å²) in [5.41, 5.74) is 2.78. The number of H-pyrrole nitrogens is 1. The van der Waals surface area contributed by atoms with Crippen LogP contribution in [0.4, 0.5) is 5.82 Å². The number of nitriles is 1. The molecular formula is C14H18N4O6. The van der Waals surface area contributed by atoms with Crippen LogP contribution < -0.4 is 11.4 Å². The molecule has 1 aromatic heterocycles. The van der Waals surface area contributed by atoms with E-state index in [4.69, 9.17) is 15.2 Å². The monoisotopic (exact) mass is 338 g/mol. The minimum absolute atomic E-state index is 0.0847. The van der Waals surface area contributed by atoms with Crippen molar-refractivity contribution in [3.63, 3.8) is 0 Å². The van der Waals surface area contributed by atoms with Crippen LogP contribution in [0.15, 0.2) is 11.0 Å². The van der Waals surface area contributed by atoms with Crippen LogP contribution >= 0.6 is 0 Å². The van der Waals surface area contributed by atoms with Crippen LogP contribution in [0.25, 0.3) is 0 Å². The smallest absolute Gasteiger partial charge is 0.346 e. The predicted molar refractivity (Wildman–Crippen MR) is 79.3 cm³/mol. The zero-order valence-corrected chi connectivity index (χ0v) is 12.9. The van der Waals surface area contributed by atoms with E-state index in [0.717, 1.165) is 6.20 Å². The lowest BCUT2D eigenvalue weighted by Crippen LogP contribution is -2.41. The molecule has 0 radical (unpaired) electrons. The molecule has 24 heavy (non-hydrogen) atoms. The summed E-state index contributed by atoms with van der Waals surface area (Å²) in [5, 5.41) is 29.9. The molecule has 4 atom stereocenters. The number of nitrogen functional groups attached to an aromatic ring is 1. The van der Waals surface area contributed by atoms with E-state index in [2.05, 4.69) is 9.97 Å². The molecule has 1 aromatic rings. The fourth-order valence-electron chi connectivity index (χ4n) is 2.49. The number of aromatic amines is 1. The topological polar surface area (TPSA) is 172 Å². The maximum absolute atomic E-state index is 11.4. The Kier molecular flexibility index (Phi) is 5.18. The van der Waals surface area contributed by atoms with Crippen LogP contribution in [-0.2, 0) is 19.9 Å². The van der Waals surface area contributed by atoms with Crippen LogP contribution in [0, 0.1) is 11.3 Å². The number of ether oxygens (including phenoxy) is 2. The summed E-state index contributed by atoms with van der Waals surface area (Å²) in [6.07, 6.45) is -2.41. The van der Waals surface area contributed by atoms with Crippen LogP contribution in [0.2, 0.25) is 0 Å². The highest BCUT2D eigenvalue weighted by Gasteiger charge is 2.57. The number of carbonyl (C=O) groups excluding carboxylic acids is 1. The molecule has 0 aromatic carbocycles. The lowest BCUT2D eigenvalue weighted by molar-refractivity contribution is -0.150. The van der Waals surface area contributed by atoms with Crippen molar-refractivity contribution >= 4 is 11.8 Å². The van der Waals surface area contributed by atoms with Gasteiger partial charge in [0.2, 0.25) is 5.60 Å². The minimum atomic E-state index is -2.04. The average molecular weight is 338 g/mol. The molecule has 0 unspecified atom stereocenters. The van der Waals surface area contributed by atoms with Crippen LogP contribution in [-0.4, -0.2) is 51.1 Å². The highest BCUT2D eigenvalue weighted by molar-refractivity contribution is 5.69. The van der Waals surface area contributed by atoms with E-state index in [9.17, 15) is 25.1 Å². The fraction of sp³-hybridized carbons (Fsp3) is 0.571. The maximum atomic E-state index is 11.4. The number of hydrogen-bond acceptors (Lipinski definition) is 9. The van der Waals surface area contributed by atoms with Crippen molar-refractivity contribution in [1.29, 1.82) is 5.26 Å². The number of hydrogen-bond donors (Lipinski definition) is 4. The number of anilines is 1. The van der Waals surface area contributed by atoms with Crippen molar-refractivity contribution in [2.24, 2.45) is 0 Å². The summed E-state index contributed by atoms with van der Waals surface area (Å²) in [5.74, 6) is -0.794. The van der Waals surface area contributed by atoms with Gasteiger partial charge in [-0.1, -0.05) is 6.92 Å². The van der Waals surface area contributed by atoms with Crippen molar-refractivity contribution < 1.29 is 24.5 Å². The normalized spacial score (nSPS) is 29.2. The first-order chi connectivity index (χ1) is 11.4. The standard InChI is InChI=1S/C14H18N4O6/c1-2-3-9(19)23-5-8-10(20)11(21)14(6-15,24-8)7-4-17-13(22)18-12(7)16/h4,8,10-11,20-21H,2-3,5H2,1H3,(H3,16,17,18,22)/t8-,10-,11+,14+/m1/s1. The number of esters is 1. The van der Waals surface area contributed by atoms with Crippen LogP contribution in [0.5, 0.6) is 0 Å². The van der Waals surface area contributed by atoms with Gasteiger partial charge in [0.25, 0.3) is 0 Å². The van der Waals surface area contributed by atoms with Gasteiger partial charge in [-0.15, -0.1) is 0 Å². The summed E-state index contributed by atoms with van der Waals surface area (Å²) in [6, 6.07) is 1.76. The Labute approximate surface area is 136 Å². The van der Waals surface area contributed by atoms with Gasteiger partial charge in [-0.25, -0.2) is 4.79 Å². The number of rotatable bonds is 5. The van der Waals surface area contributed by atoms with Gasteiger partial charge < -0.3 is 30.4 Å². The largest absolute Gasteiger partial charge is 0.463 e. The van der Waals surface area contributed by atoms with Crippen molar-refractivity contribution in [2.75, 3.05) is 12.3 Å². The molecule has 130 valence electrons. The van der Waals surface area contributed by atoms with E-state index in [-0.39, 0.29) is 24.4 Å². The molecule has 0 saturated carbocycles. The molecule has 5 N–H and O–H groups in total. The van der Waals surface area contributed by atoms with E-state index >= 15 is 0 Å². The summed E-state index contributed by atoms with van der Waals surface area (Å²) in [4.78, 5) is 28.3. The molecule has 10 nitrogen and oxygen atoms in total. The predicted octanol–water partition coefficient (Wildman–Crippen LogP) is -1.47. The van der Waals surface area contributed by atoms with Crippen molar-refractivity contribution in [3.05, 3.63) is 22.2 Å². The maximum Gasteiger partial charge on any atom is 0.346 e. The number of aliphatic hydroxyl groups is 2. The molecule has 0 aliphatic carbocycles. The number of nitrogens with one attached hydrogen (secondary N) is 1. The van der Waals surface area contributed by atoms with E-state index in [1.54, 1.807) is 13.0 Å². The second-order valence-corrected chi connectivity index (χ2v) is 5.38. The third-order valence-corrected chi connectivity index (χ3v) is 3.73. The zero-order chi connectivity index (χ0) is 17.9. The van der Waals surface area contributed by atoms with Crippen molar-refractivity contribution in [3.8, 4) is 6.07 Å². The van der Waals surface area contributed by atoms with Gasteiger partial charge >= 0.3 is 11.7 Å². The first-order valence-corrected chi connectivity index (χ1v) is 7.32. The Balaban J connectivity index is 2.27. The van der Waals surface area contributed by atoms with Gasteiger partial charge in [0.15, 0.2) is 0 Å². The Morgan fingerprint density at radius 2 is 2.33 bits per heavy atom. The van der Waals surface area contributed by atoms with Crippen LogP contribution in [0.1, 0.15) is 25.3 Å². The number of aliphatic hydroxyl groups excluding tert-OH is 2. The zero-order valence-electron chi connectivity index (χ0n) is 12.9. The number of nitrogens with two attached hydrogens (primary N) is 1. The summed E-state index contributed by atoms with van der Waals surface area (Å²) in [6.45, 7) is 1.47. The Hall–Kier alpha value is -2.48. The van der Waals surface area contributed by atoms with Crippen molar-refractivity contribution in [1.82, 2.24) is 9.97 Å². The molecule has 1 saturated heterocycles. The number of aromatic nitrogens is 2. The van der Waals surface area contributed by atoms with E-state index < -0.39 is 35.6 Å². The highest BCUT2D eigenvalue weighted by Crippen LogP contribution is 2.40. The molecule has 0 amide bonds. The Morgan fingerprint density at radius 1 is 1.62 bits per heavy atom. The highest BCUT2D eigenvalue weighted by atomic mass is 16.6. The first kappa shape index (κ1) is 17.9. The molecule has 1 aliphatic rings. The van der Waals surface area contributed by atoms with Gasteiger partial charge in [0.1, 0.15) is 36.8 Å². The second-order valence-electron chi connectivity index (χ2n) is 5.38. The van der Waals surface area contributed by atoms with E-state index in [1.807, 2.05) is 0 Å². The Bertz CT molecular complexity index is 714. The molecule has 1 fully saturated rings. The molecular weight excluding hydrogens is 320 g/mol. The molecule has 2 rings (SSSR count). The molecule has 0 spiro atoms. The fourth-order valence-corrected chi connectivity index (χ4v) is 2.49. The molecule has 0 bridgehead atoms. The number of nitrogens with zero attached hydrogens (tertiary/aromatic N) is 2. The van der Waals surface area contributed by atoms with E-state index in [0.29, 0.717) is 6.42 Å². The third kappa shape index (κ3) is 3.09. The van der Waals surface area contributed by atoms with Crippen molar-refractivity contribution in [2.45, 2.75) is 43.7 Å². The van der Waals surface area contributed by atoms with Gasteiger partial charge in [-0.2, -0.15) is 10.2 Å². The minimum Gasteiger partial charge on any atom is -0.463 e. The van der Waals surface area contributed by atoms with Gasteiger partial charge in [0.05, 0.1) is 5.56 Å². The van der Waals surface area contributed by atoms with Gasteiger partial charge in [0, 0.05) is 12.6 Å². The van der Waals surface area contributed by atoms with Gasteiger partial charge in [-0.3, -0.25) is 4.79 Å². The lowest BCUT2D eigenvalue weighted by atomic mass is 9.89.